The van der Waals surface area contributed by atoms with E-state index in [1.807, 2.05) is 0 Å². The first-order valence-electron chi connectivity index (χ1n) is 9.52. The SMILES string of the molecule is CC(C)(C)c1ccc(CCNC(=O)CC2CC3CCC(C2)N3)cc1.Cl. The summed E-state index contributed by atoms with van der Waals surface area (Å²) in [6.45, 7) is 7.44. The van der Waals surface area contributed by atoms with Crippen molar-refractivity contribution < 1.29 is 4.79 Å². The molecule has 0 saturated carbocycles. The van der Waals surface area contributed by atoms with Gasteiger partial charge in [-0.25, -0.2) is 0 Å². The number of halogens is 1. The second-order valence-corrected chi connectivity index (χ2v) is 8.73. The van der Waals surface area contributed by atoms with Crippen LogP contribution in [0.1, 0.15) is 64.0 Å². The predicted octanol–water partition coefficient (Wildman–Crippen LogP) is 3.99. The van der Waals surface area contributed by atoms with Crippen molar-refractivity contribution in [3.8, 4) is 0 Å². The number of piperidine rings is 1. The lowest BCUT2D eigenvalue weighted by Crippen LogP contribution is -2.39. The molecule has 2 saturated heterocycles. The van der Waals surface area contributed by atoms with Crippen LogP contribution in [0.3, 0.4) is 0 Å². The first kappa shape index (κ1) is 20.3. The number of amides is 1. The van der Waals surface area contributed by atoms with E-state index in [4.69, 9.17) is 0 Å². The van der Waals surface area contributed by atoms with Gasteiger partial charge in [-0.3, -0.25) is 4.79 Å². The Morgan fingerprint density at radius 3 is 2.28 bits per heavy atom. The van der Waals surface area contributed by atoms with Gasteiger partial charge in [0.05, 0.1) is 0 Å². The van der Waals surface area contributed by atoms with Crippen LogP contribution < -0.4 is 10.6 Å². The van der Waals surface area contributed by atoms with E-state index in [1.54, 1.807) is 0 Å². The third kappa shape index (κ3) is 5.72. The maximum Gasteiger partial charge on any atom is 0.220 e. The highest BCUT2D eigenvalue weighted by Gasteiger charge is 2.34. The molecule has 2 aliphatic rings. The molecule has 3 nitrogen and oxygen atoms in total. The van der Waals surface area contributed by atoms with Crippen LogP contribution in [-0.2, 0) is 16.6 Å². The Balaban J connectivity index is 0.00000225. The van der Waals surface area contributed by atoms with Gasteiger partial charge in [0, 0.05) is 25.0 Å². The standard InChI is InChI=1S/C21H32N2O.ClH/c1-21(2,3)17-6-4-15(5-7-17)10-11-22-20(24)14-16-12-18-8-9-19(13-16)23-18;/h4-7,16,18-19,23H,8-14H2,1-3H3,(H,22,24);1H. The molecule has 1 aromatic rings. The van der Waals surface area contributed by atoms with Crippen LogP contribution in [0.25, 0.3) is 0 Å². The van der Waals surface area contributed by atoms with E-state index >= 15 is 0 Å². The minimum Gasteiger partial charge on any atom is -0.356 e. The van der Waals surface area contributed by atoms with Gasteiger partial charge in [0.15, 0.2) is 0 Å². The zero-order chi connectivity index (χ0) is 17.2. The Kier molecular flexibility index (Phi) is 6.93. The summed E-state index contributed by atoms with van der Waals surface area (Å²) in [5.41, 5.74) is 2.85. The number of carbonyl (C=O) groups excluding carboxylic acids is 1. The summed E-state index contributed by atoms with van der Waals surface area (Å²) in [5, 5.41) is 6.76. The second kappa shape index (κ2) is 8.55. The average molecular weight is 365 g/mol. The first-order chi connectivity index (χ1) is 11.4. The molecule has 1 amide bonds. The highest BCUT2D eigenvalue weighted by Crippen LogP contribution is 2.32. The average Bonchev–Trinajstić information content (AvgIpc) is 2.86. The molecule has 3 rings (SSSR count). The molecule has 0 radical (unpaired) electrons. The Hall–Kier alpha value is -1.06. The van der Waals surface area contributed by atoms with Crippen molar-refractivity contribution in [3.05, 3.63) is 35.4 Å². The molecule has 0 aromatic heterocycles. The van der Waals surface area contributed by atoms with Gasteiger partial charge in [-0.05, 0) is 54.6 Å². The largest absolute Gasteiger partial charge is 0.356 e. The van der Waals surface area contributed by atoms with Crippen molar-refractivity contribution in [1.29, 1.82) is 0 Å². The smallest absolute Gasteiger partial charge is 0.220 e. The highest BCUT2D eigenvalue weighted by molar-refractivity contribution is 5.85. The van der Waals surface area contributed by atoms with Gasteiger partial charge in [0.2, 0.25) is 5.91 Å². The molecule has 140 valence electrons. The molecule has 1 aromatic carbocycles. The second-order valence-electron chi connectivity index (χ2n) is 8.73. The van der Waals surface area contributed by atoms with Crippen LogP contribution >= 0.6 is 12.4 Å². The first-order valence-corrected chi connectivity index (χ1v) is 9.52. The fourth-order valence-corrected chi connectivity index (χ4v) is 4.19. The lowest BCUT2D eigenvalue weighted by Gasteiger charge is -2.28. The fraction of sp³-hybridized carbons (Fsp3) is 0.667. The molecule has 2 N–H and O–H groups in total. The van der Waals surface area contributed by atoms with Gasteiger partial charge in [-0.2, -0.15) is 0 Å². The lowest BCUT2D eigenvalue weighted by molar-refractivity contribution is -0.122. The van der Waals surface area contributed by atoms with Crippen LogP contribution in [0.5, 0.6) is 0 Å². The normalized spacial score (nSPS) is 25.3. The van der Waals surface area contributed by atoms with Crippen molar-refractivity contribution in [2.75, 3.05) is 6.54 Å². The van der Waals surface area contributed by atoms with Gasteiger partial charge in [-0.1, -0.05) is 45.0 Å². The Labute approximate surface area is 158 Å². The molecule has 0 spiro atoms. The number of hydrogen-bond donors (Lipinski definition) is 2. The molecular weight excluding hydrogens is 332 g/mol. The summed E-state index contributed by atoms with van der Waals surface area (Å²) in [4.78, 5) is 12.2. The summed E-state index contributed by atoms with van der Waals surface area (Å²) >= 11 is 0. The molecule has 0 aliphatic carbocycles. The molecule has 2 atom stereocenters. The molecule has 2 bridgehead atoms. The van der Waals surface area contributed by atoms with Crippen LogP contribution in [0, 0.1) is 5.92 Å². The number of fused-ring (bicyclic) bond motifs is 2. The summed E-state index contributed by atoms with van der Waals surface area (Å²) in [6.07, 6.45) is 6.57. The third-order valence-corrected chi connectivity index (χ3v) is 5.60. The highest BCUT2D eigenvalue weighted by atomic mass is 35.5. The number of hydrogen-bond acceptors (Lipinski definition) is 2. The van der Waals surface area contributed by atoms with Gasteiger partial charge in [0.25, 0.3) is 0 Å². The van der Waals surface area contributed by atoms with Crippen molar-refractivity contribution in [2.45, 2.75) is 76.8 Å². The van der Waals surface area contributed by atoms with Crippen molar-refractivity contribution in [2.24, 2.45) is 5.92 Å². The predicted molar refractivity (Wildman–Crippen MR) is 106 cm³/mol. The van der Waals surface area contributed by atoms with E-state index in [1.165, 1.54) is 36.8 Å². The van der Waals surface area contributed by atoms with Crippen LogP contribution in [0.4, 0.5) is 0 Å². The molecule has 2 fully saturated rings. The monoisotopic (exact) mass is 364 g/mol. The van der Waals surface area contributed by atoms with E-state index in [9.17, 15) is 4.79 Å². The molecule has 25 heavy (non-hydrogen) atoms. The van der Waals surface area contributed by atoms with E-state index in [0.29, 0.717) is 24.4 Å². The van der Waals surface area contributed by atoms with Crippen LogP contribution in [-0.4, -0.2) is 24.5 Å². The fourth-order valence-electron chi connectivity index (χ4n) is 4.19. The minimum absolute atomic E-state index is 0. The van der Waals surface area contributed by atoms with E-state index in [0.717, 1.165) is 13.0 Å². The maximum atomic E-state index is 12.2. The van der Waals surface area contributed by atoms with Crippen LogP contribution in [0.2, 0.25) is 0 Å². The number of benzene rings is 1. The van der Waals surface area contributed by atoms with Crippen LogP contribution in [0.15, 0.2) is 24.3 Å². The Morgan fingerprint density at radius 2 is 1.72 bits per heavy atom. The van der Waals surface area contributed by atoms with Crippen molar-refractivity contribution in [3.63, 3.8) is 0 Å². The van der Waals surface area contributed by atoms with Gasteiger partial charge < -0.3 is 10.6 Å². The van der Waals surface area contributed by atoms with Crippen molar-refractivity contribution in [1.82, 2.24) is 10.6 Å². The number of rotatable bonds is 5. The summed E-state index contributed by atoms with van der Waals surface area (Å²) in [7, 11) is 0. The van der Waals surface area contributed by atoms with E-state index < -0.39 is 0 Å². The third-order valence-electron chi connectivity index (χ3n) is 5.60. The lowest BCUT2D eigenvalue weighted by atomic mass is 9.86. The zero-order valence-corrected chi connectivity index (χ0v) is 16.6. The molecule has 2 unspecified atom stereocenters. The maximum absolute atomic E-state index is 12.2. The minimum atomic E-state index is 0. The molecular formula is C21H33ClN2O. The molecule has 4 heteroatoms. The molecule has 2 aliphatic heterocycles. The topological polar surface area (TPSA) is 41.1 Å². The van der Waals surface area contributed by atoms with E-state index in [2.05, 4.69) is 55.7 Å². The van der Waals surface area contributed by atoms with Gasteiger partial charge in [-0.15, -0.1) is 12.4 Å². The number of carbonyl (C=O) groups is 1. The zero-order valence-electron chi connectivity index (χ0n) is 15.8. The van der Waals surface area contributed by atoms with E-state index in [-0.39, 0.29) is 23.7 Å². The summed E-state index contributed by atoms with van der Waals surface area (Å²) in [6, 6.07) is 10.1. The van der Waals surface area contributed by atoms with Gasteiger partial charge in [0.1, 0.15) is 0 Å². The number of nitrogens with one attached hydrogen (secondary N) is 2. The molecule has 2 heterocycles. The Morgan fingerprint density at radius 1 is 1.12 bits per heavy atom. The quantitative estimate of drug-likeness (QED) is 0.829. The Bertz CT molecular complexity index is 552. The summed E-state index contributed by atoms with van der Waals surface area (Å²) < 4.78 is 0. The van der Waals surface area contributed by atoms with Gasteiger partial charge >= 0.3 is 0 Å². The summed E-state index contributed by atoms with van der Waals surface area (Å²) in [5.74, 6) is 0.808. The van der Waals surface area contributed by atoms with Crippen molar-refractivity contribution >= 4 is 18.3 Å².